The van der Waals surface area contributed by atoms with E-state index >= 15 is 9.59 Å². The lowest BCUT2D eigenvalue weighted by Crippen LogP contribution is -2.15. The Morgan fingerprint density at radius 2 is 0.553 bits per heavy atom. The first-order chi connectivity index (χ1) is 55.1. The summed E-state index contributed by atoms with van der Waals surface area (Å²) < 4.78 is 0. The number of carbonyl (C=O) groups excluding carboxylic acids is 2. The molecule has 578 valence electrons. The minimum absolute atomic E-state index is 0.139. The number of nitrogens with one attached hydrogen (secondary N) is 8. The number of H-pyrrole nitrogens is 6. The molecule has 0 aliphatic carbocycles. The zero-order valence-electron chi connectivity index (χ0n) is 69.6. The summed E-state index contributed by atoms with van der Waals surface area (Å²) in [6, 6.07) is 42.6. The van der Waals surface area contributed by atoms with Crippen molar-refractivity contribution in [1.82, 2.24) is 49.8 Å². The molecule has 114 heavy (non-hydrogen) atoms. The highest BCUT2D eigenvalue weighted by Crippen LogP contribution is 2.46. The van der Waals surface area contributed by atoms with Crippen LogP contribution in [0.5, 0.6) is 0 Å². The number of nitrogens with zero attached hydrogens (tertiary/aromatic N) is 4. The number of aromatic amines is 6. The van der Waals surface area contributed by atoms with E-state index in [1.165, 1.54) is 66.8 Å². The molecule has 14 nitrogen and oxygen atoms in total. The minimum atomic E-state index is -0.139. The quantitative estimate of drug-likeness (QED) is 0.0445. The third-order valence-corrected chi connectivity index (χ3v) is 25.5. The second-order valence-corrected chi connectivity index (χ2v) is 31.6. The molecule has 0 unspecified atom stereocenters. The van der Waals surface area contributed by atoms with Gasteiger partial charge in [0.2, 0.25) is 11.8 Å². The molecule has 8 aromatic heterocycles. The Morgan fingerprint density at radius 3 is 0.833 bits per heavy atom. The maximum atomic E-state index is 15.3. The van der Waals surface area contributed by atoms with Crippen LogP contribution in [0.15, 0.2) is 121 Å². The largest absolute Gasteiger partial charge is 0.355 e. The lowest BCUT2D eigenvalue weighted by atomic mass is 9.90. The van der Waals surface area contributed by atoms with E-state index in [0.717, 1.165) is 240 Å². The number of fused-ring (bicyclic) bond motifs is 24. The molecular formula is C100H106N12O2. The van der Waals surface area contributed by atoms with Gasteiger partial charge >= 0.3 is 0 Å². The normalized spacial score (nSPS) is 13.2. The second-order valence-electron chi connectivity index (χ2n) is 31.6. The summed E-state index contributed by atoms with van der Waals surface area (Å²) in [6.07, 6.45) is 7.92. The van der Waals surface area contributed by atoms with Crippen LogP contribution in [0.2, 0.25) is 0 Å². The lowest BCUT2D eigenvalue weighted by molar-refractivity contribution is -0.117. The molecule has 8 N–H and O–H groups in total. The summed E-state index contributed by atoms with van der Waals surface area (Å²) in [6.45, 7) is 39.8. The number of carbonyl (C=O) groups is 2. The fourth-order valence-electron chi connectivity index (χ4n) is 19.1. The predicted molar refractivity (Wildman–Crippen MR) is 481 cm³/mol. The first-order valence-corrected chi connectivity index (χ1v) is 41.4. The second kappa shape index (κ2) is 30.5. The third-order valence-electron chi connectivity index (χ3n) is 25.5. The van der Waals surface area contributed by atoms with Crippen LogP contribution in [-0.2, 0) is 48.1 Å². The lowest BCUT2D eigenvalue weighted by Gasteiger charge is -2.20. The van der Waals surface area contributed by atoms with Crippen LogP contribution in [0.3, 0.4) is 0 Å². The molecule has 0 atom stereocenters. The molecular weight excluding hydrogens is 1400 g/mol. The number of hydrogen-bond acceptors (Lipinski definition) is 6. The topological polar surface area (TPSA) is 204 Å². The highest BCUT2D eigenvalue weighted by molar-refractivity contribution is 6.17. The van der Waals surface area contributed by atoms with Crippen molar-refractivity contribution in [1.29, 1.82) is 0 Å². The van der Waals surface area contributed by atoms with Gasteiger partial charge in [-0.2, -0.15) is 0 Å². The zero-order valence-corrected chi connectivity index (χ0v) is 69.6. The molecule has 4 aromatic carbocycles. The van der Waals surface area contributed by atoms with Crippen molar-refractivity contribution in [3.63, 3.8) is 0 Å². The van der Waals surface area contributed by atoms with Gasteiger partial charge in [0.15, 0.2) is 0 Å². The van der Waals surface area contributed by atoms with Crippen LogP contribution in [0, 0.1) is 41.5 Å². The first kappa shape index (κ1) is 76.1. The standard InChI is InChI=1S/C100H106N12O2/c1-19-63-51(9)77-45-87-67(23-5)57(15)97(109-87)99-59(17)69(25-7)89(111-99)47-79-53(11)65(21-3)85(103-79)49-91-71(55(13)81(105-91)43-83(63)101-77)37-41-93(113)107-75-39-35-61-31-27-29-33-73(61)95(75)96-74-34-30-28-32-62(74)36-40-76(96)108-94(114)42-38-72-56(14)82-44-84-64(20-2)52(10)78(102-84)46-88-68(24-6)58(16)98(110-88)100-60(18)70(26-8)90(112-100)48-80-54(12)66(22-4)86(104-80)50-92(72)106-82/h27-36,39-40,43-50,105-106,109-112H,19-26,37-38,41-42H2,1-18H3,(H,107,113)(H,108,114). The van der Waals surface area contributed by atoms with Crippen LogP contribution < -0.4 is 10.6 Å². The summed E-state index contributed by atoms with van der Waals surface area (Å²) in [5.74, 6) is -0.277. The summed E-state index contributed by atoms with van der Waals surface area (Å²) >= 11 is 0. The number of anilines is 2. The van der Waals surface area contributed by atoms with Gasteiger partial charge in [-0.25, -0.2) is 19.9 Å². The van der Waals surface area contributed by atoms with Gasteiger partial charge in [-0.3, -0.25) is 9.59 Å². The molecule has 14 heteroatoms. The molecule has 16 rings (SSSR count). The van der Waals surface area contributed by atoms with E-state index in [-0.39, 0.29) is 24.7 Å². The molecule has 0 saturated heterocycles. The van der Waals surface area contributed by atoms with Crippen molar-refractivity contribution in [3.8, 4) is 11.1 Å². The summed E-state index contributed by atoms with van der Waals surface area (Å²) in [5, 5.41) is 10.9. The van der Waals surface area contributed by atoms with Gasteiger partial charge in [-0.05, 0) is 327 Å². The van der Waals surface area contributed by atoms with Gasteiger partial charge in [0.1, 0.15) is 0 Å². The number of hydrogen-bond donors (Lipinski definition) is 8. The average Bonchev–Trinajstić information content (AvgIpc) is 1.16. The Hall–Kier alpha value is -11.9. The van der Waals surface area contributed by atoms with Gasteiger partial charge in [-0.1, -0.05) is 116 Å². The zero-order chi connectivity index (χ0) is 80.0. The minimum Gasteiger partial charge on any atom is -0.355 e. The Morgan fingerprint density at radius 1 is 0.289 bits per heavy atom. The maximum absolute atomic E-state index is 15.3. The van der Waals surface area contributed by atoms with Gasteiger partial charge in [0.25, 0.3) is 0 Å². The molecule has 0 saturated carbocycles. The molecule has 12 aromatic rings. The fraction of sp³-hybridized carbons (Fsp3) is 0.300. The molecule has 12 heterocycles. The number of benzene rings is 4. The average molecular weight is 1510 g/mol. The first-order valence-electron chi connectivity index (χ1n) is 41.4. The van der Waals surface area contributed by atoms with E-state index in [2.05, 4.69) is 250 Å². The van der Waals surface area contributed by atoms with E-state index in [4.69, 9.17) is 19.9 Å². The Balaban J connectivity index is 0.777. The molecule has 2 amide bonds. The fourth-order valence-corrected chi connectivity index (χ4v) is 19.1. The Labute approximate surface area is 668 Å². The Bertz CT molecular complexity index is 6290. The van der Waals surface area contributed by atoms with E-state index in [9.17, 15) is 0 Å². The smallest absolute Gasteiger partial charge is 0.224 e. The molecule has 4 aliphatic heterocycles. The number of amides is 2. The van der Waals surface area contributed by atoms with Crippen molar-refractivity contribution in [2.24, 2.45) is 0 Å². The molecule has 0 fully saturated rings. The highest BCUT2D eigenvalue weighted by atomic mass is 16.2. The summed E-state index contributed by atoms with van der Waals surface area (Å²) in [7, 11) is 0. The van der Waals surface area contributed by atoms with Gasteiger partial charge in [-0.15, -0.1) is 0 Å². The highest BCUT2D eigenvalue weighted by Gasteiger charge is 2.27. The number of aromatic nitrogens is 10. The third kappa shape index (κ3) is 13.1. The van der Waals surface area contributed by atoms with Crippen LogP contribution >= 0.6 is 0 Å². The van der Waals surface area contributed by atoms with Gasteiger partial charge < -0.3 is 40.5 Å². The van der Waals surface area contributed by atoms with Crippen LogP contribution in [0.25, 0.3) is 143 Å². The van der Waals surface area contributed by atoms with Gasteiger partial charge in [0, 0.05) is 79.5 Å². The number of aryl methyl sites for hydroxylation is 12. The SMILES string of the molecule is CCC1=C(C)c2cc3[nH]c(c(C)c3CC)c3[nH]c(cc4nc(cc5[nH]c(cc1n2)c(C)c5CCC(=O)Nc1ccc2ccccc2c1-c1c(NC(=O)CCc2c(C)c5cc6nc(cc7[nH]c(c(C)c7CC)c7[nH]c(cc8nc(cc2[nH]5)C(CC)=C8C)c(CC)c7C)C(C)=C6CC)ccc2ccccc12)C(CC)=C4C)c(CC)c3C. The molecule has 20 bridgehead atoms. The summed E-state index contributed by atoms with van der Waals surface area (Å²) in [5.41, 5.74) is 46.5. The van der Waals surface area contributed by atoms with Crippen LogP contribution in [0.1, 0.15) is 234 Å². The van der Waals surface area contributed by atoms with E-state index in [1.54, 1.807) is 0 Å². The Kier molecular flexibility index (Phi) is 20.4. The van der Waals surface area contributed by atoms with Crippen molar-refractivity contribution in [3.05, 3.63) is 234 Å². The van der Waals surface area contributed by atoms with E-state index in [0.29, 0.717) is 24.2 Å². The predicted octanol–water partition coefficient (Wildman–Crippen LogP) is 25.6. The van der Waals surface area contributed by atoms with Crippen molar-refractivity contribution < 1.29 is 9.59 Å². The van der Waals surface area contributed by atoms with E-state index < -0.39 is 0 Å². The molecule has 4 aliphatic rings. The van der Waals surface area contributed by atoms with E-state index in [1.807, 2.05) is 36.4 Å². The van der Waals surface area contributed by atoms with Crippen LogP contribution in [0.4, 0.5) is 11.4 Å². The monoisotopic (exact) mass is 1510 g/mol. The van der Waals surface area contributed by atoms with Crippen molar-refractivity contribution >= 4 is 156 Å². The van der Waals surface area contributed by atoms with Crippen molar-refractivity contribution in [2.45, 2.75) is 202 Å². The van der Waals surface area contributed by atoms with Crippen molar-refractivity contribution in [2.75, 3.05) is 10.6 Å². The summed E-state index contributed by atoms with van der Waals surface area (Å²) in [4.78, 5) is 75.9. The molecule has 0 spiro atoms. The molecule has 0 radical (unpaired) electrons. The number of rotatable bonds is 17. The van der Waals surface area contributed by atoms with Gasteiger partial charge in [0.05, 0.1) is 67.6 Å². The maximum Gasteiger partial charge on any atom is 0.224 e. The van der Waals surface area contributed by atoms with Crippen LogP contribution in [-0.4, -0.2) is 61.7 Å². The number of allylic oxidation sites excluding steroid dienone is 8.